The van der Waals surface area contributed by atoms with Gasteiger partial charge in [0.1, 0.15) is 11.9 Å². The van der Waals surface area contributed by atoms with Gasteiger partial charge in [0.05, 0.1) is 13.0 Å². The van der Waals surface area contributed by atoms with E-state index < -0.39 is 6.04 Å². The number of hydrogen-bond donors (Lipinski definition) is 1. The SMILES string of the molecule is CCCCCCCN1C(=S)N(Cc2ccccc2)C(=O)C1CC(=O)Nc1ccc(F)cc1. The summed E-state index contributed by atoms with van der Waals surface area (Å²) in [6.45, 7) is 3.21. The lowest BCUT2D eigenvalue weighted by atomic mass is 10.1. The van der Waals surface area contributed by atoms with Crippen molar-refractivity contribution in [3.63, 3.8) is 0 Å². The third-order valence-corrected chi connectivity index (χ3v) is 6.05. The molecular weight excluding hydrogens is 425 g/mol. The highest BCUT2D eigenvalue weighted by Crippen LogP contribution is 2.24. The van der Waals surface area contributed by atoms with Crippen molar-refractivity contribution in [1.82, 2.24) is 9.80 Å². The summed E-state index contributed by atoms with van der Waals surface area (Å²) in [5.41, 5.74) is 1.49. The Hall–Kier alpha value is -2.80. The van der Waals surface area contributed by atoms with Gasteiger partial charge in [-0.25, -0.2) is 4.39 Å². The minimum Gasteiger partial charge on any atom is -0.336 e. The largest absolute Gasteiger partial charge is 0.336 e. The molecule has 2 amide bonds. The number of benzene rings is 2. The summed E-state index contributed by atoms with van der Waals surface area (Å²) in [6.07, 6.45) is 5.48. The molecule has 1 heterocycles. The monoisotopic (exact) mass is 455 g/mol. The highest BCUT2D eigenvalue weighted by molar-refractivity contribution is 7.80. The van der Waals surface area contributed by atoms with Gasteiger partial charge >= 0.3 is 0 Å². The second kappa shape index (κ2) is 11.7. The molecule has 0 aromatic heterocycles. The minimum atomic E-state index is -0.627. The fourth-order valence-corrected chi connectivity index (χ4v) is 4.24. The zero-order valence-corrected chi connectivity index (χ0v) is 19.2. The maximum Gasteiger partial charge on any atom is 0.252 e. The predicted octanol–water partition coefficient (Wildman–Crippen LogP) is 5.12. The normalized spacial score (nSPS) is 16.0. The van der Waals surface area contributed by atoms with Crippen LogP contribution in [0.4, 0.5) is 10.1 Å². The van der Waals surface area contributed by atoms with Gasteiger partial charge in [0.25, 0.3) is 5.91 Å². The van der Waals surface area contributed by atoms with Crippen LogP contribution < -0.4 is 5.32 Å². The van der Waals surface area contributed by atoms with Crippen LogP contribution in [0.2, 0.25) is 0 Å². The van der Waals surface area contributed by atoms with Crippen molar-refractivity contribution >= 4 is 34.8 Å². The molecule has 5 nitrogen and oxygen atoms in total. The number of hydrogen-bond acceptors (Lipinski definition) is 3. The smallest absolute Gasteiger partial charge is 0.252 e. The van der Waals surface area contributed by atoms with E-state index in [-0.39, 0.29) is 24.1 Å². The van der Waals surface area contributed by atoms with E-state index in [1.807, 2.05) is 35.2 Å². The summed E-state index contributed by atoms with van der Waals surface area (Å²) in [6, 6.07) is 14.7. The summed E-state index contributed by atoms with van der Waals surface area (Å²) >= 11 is 5.67. The standard InChI is InChI=1S/C25H30FN3O2S/c1-2-3-4-5-9-16-28-22(17-23(30)27-21-14-12-20(26)13-15-21)24(31)29(25(28)32)18-19-10-7-6-8-11-19/h6-8,10-15,22H,2-5,9,16-18H2,1H3,(H,27,30). The number of rotatable bonds is 11. The Balaban J connectivity index is 1.69. The van der Waals surface area contributed by atoms with E-state index in [1.165, 1.54) is 30.7 Å². The number of carbonyl (C=O) groups excluding carboxylic acids is 2. The first-order valence-corrected chi connectivity index (χ1v) is 11.6. The van der Waals surface area contributed by atoms with Gasteiger partial charge in [-0.15, -0.1) is 0 Å². The molecule has 1 saturated heterocycles. The van der Waals surface area contributed by atoms with Gasteiger partial charge in [0, 0.05) is 12.2 Å². The Labute approximate surface area is 194 Å². The minimum absolute atomic E-state index is 0.00337. The van der Waals surface area contributed by atoms with E-state index >= 15 is 0 Å². The lowest BCUT2D eigenvalue weighted by Crippen LogP contribution is -2.38. The Morgan fingerprint density at radius 3 is 2.41 bits per heavy atom. The summed E-state index contributed by atoms with van der Waals surface area (Å²) in [4.78, 5) is 29.5. The van der Waals surface area contributed by atoms with Crippen molar-refractivity contribution < 1.29 is 14.0 Å². The number of anilines is 1. The zero-order valence-electron chi connectivity index (χ0n) is 18.4. The molecule has 1 aliphatic heterocycles. The summed E-state index contributed by atoms with van der Waals surface area (Å²) in [5.74, 6) is -0.818. The number of thiocarbonyl (C=S) groups is 1. The van der Waals surface area contributed by atoms with Crippen LogP contribution in [0.5, 0.6) is 0 Å². The summed E-state index contributed by atoms with van der Waals surface area (Å²) in [7, 11) is 0. The number of carbonyl (C=O) groups is 2. The highest BCUT2D eigenvalue weighted by atomic mass is 32.1. The van der Waals surface area contributed by atoms with Crippen LogP contribution in [-0.2, 0) is 16.1 Å². The second-order valence-corrected chi connectivity index (χ2v) is 8.44. The van der Waals surface area contributed by atoms with Crippen molar-refractivity contribution in [2.24, 2.45) is 0 Å². The molecule has 170 valence electrons. The fraction of sp³-hybridized carbons (Fsp3) is 0.400. The lowest BCUT2D eigenvalue weighted by molar-refractivity contribution is -0.131. The van der Waals surface area contributed by atoms with Gasteiger partial charge in [-0.1, -0.05) is 62.9 Å². The average molecular weight is 456 g/mol. The van der Waals surface area contributed by atoms with Gasteiger partial charge in [-0.3, -0.25) is 14.5 Å². The van der Waals surface area contributed by atoms with Gasteiger partial charge in [0.15, 0.2) is 5.11 Å². The third kappa shape index (κ3) is 6.36. The van der Waals surface area contributed by atoms with Crippen molar-refractivity contribution in [1.29, 1.82) is 0 Å². The molecule has 1 fully saturated rings. The Bertz CT molecular complexity index is 921. The number of halogens is 1. The van der Waals surface area contributed by atoms with Crippen LogP contribution >= 0.6 is 12.2 Å². The van der Waals surface area contributed by atoms with Crippen LogP contribution in [0.1, 0.15) is 51.0 Å². The summed E-state index contributed by atoms with van der Waals surface area (Å²) in [5, 5.41) is 3.23. The Morgan fingerprint density at radius 2 is 1.72 bits per heavy atom. The molecule has 3 rings (SSSR count). The van der Waals surface area contributed by atoms with E-state index in [4.69, 9.17) is 12.2 Å². The molecular formula is C25H30FN3O2S. The molecule has 0 bridgehead atoms. The van der Waals surface area contributed by atoms with E-state index in [0.717, 1.165) is 31.2 Å². The predicted molar refractivity (Wildman–Crippen MR) is 128 cm³/mol. The molecule has 32 heavy (non-hydrogen) atoms. The first-order chi connectivity index (χ1) is 15.5. The van der Waals surface area contributed by atoms with Crippen molar-refractivity contribution in [3.05, 3.63) is 66.0 Å². The maximum absolute atomic E-state index is 13.3. The van der Waals surface area contributed by atoms with Gasteiger partial charge in [-0.2, -0.15) is 0 Å². The zero-order chi connectivity index (χ0) is 22.9. The highest BCUT2D eigenvalue weighted by Gasteiger charge is 2.42. The molecule has 7 heteroatoms. The van der Waals surface area contributed by atoms with Crippen molar-refractivity contribution in [2.45, 2.75) is 58.0 Å². The van der Waals surface area contributed by atoms with Crippen LogP contribution in [0, 0.1) is 5.82 Å². The van der Waals surface area contributed by atoms with E-state index in [1.54, 1.807) is 4.90 Å². The Kier molecular flexibility index (Phi) is 8.73. The first kappa shape index (κ1) is 23.9. The number of amides is 2. The fourth-order valence-electron chi connectivity index (χ4n) is 3.86. The van der Waals surface area contributed by atoms with Crippen molar-refractivity contribution in [3.8, 4) is 0 Å². The molecule has 1 unspecified atom stereocenters. The van der Waals surface area contributed by atoms with E-state index in [2.05, 4.69) is 12.2 Å². The maximum atomic E-state index is 13.3. The molecule has 2 aromatic rings. The van der Waals surface area contributed by atoms with E-state index in [0.29, 0.717) is 23.9 Å². The molecule has 2 aromatic carbocycles. The molecule has 0 radical (unpaired) electrons. The quantitative estimate of drug-likeness (QED) is 0.377. The average Bonchev–Trinajstić information content (AvgIpc) is 3.00. The first-order valence-electron chi connectivity index (χ1n) is 11.2. The van der Waals surface area contributed by atoms with Gasteiger partial charge in [0.2, 0.25) is 5.91 Å². The van der Waals surface area contributed by atoms with Crippen molar-refractivity contribution in [2.75, 3.05) is 11.9 Å². The lowest BCUT2D eigenvalue weighted by Gasteiger charge is -2.24. The number of nitrogens with one attached hydrogen (secondary N) is 1. The van der Waals surface area contributed by atoms with Crippen LogP contribution in [0.15, 0.2) is 54.6 Å². The second-order valence-electron chi connectivity index (χ2n) is 8.08. The molecule has 0 aliphatic carbocycles. The molecule has 0 saturated carbocycles. The molecule has 1 atom stereocenters. The number of nitrogens with zero attached hydrogens (tertiary/aromatic N) is 2. The topological polar surface area (TPSA) is 52.7 Å². The Morgan fingerprint density at radius 1 is 1.03 bits per heavy atom. The van der Waals surface area contributed by atoms with Crippen LogP contribution in [0.3, 0.4) is 0 Å². The van der Waals surface area contributed by atoms with Crippen LogP contribution in [0.25, 0.3) is 0 Å². The summed E-state index contributed by atoms with van der Waals surface area (Å²) < 4.78 is 13.1. The van der Waals surface area contributed by atoms with Gasteiger partial charge < -0.3 is 10.2 Å². The van der Waals surface area contributed by atoms with Gasteiger partial charge in [-0.05, 0) is 48.5 Å². The number of unbranched alkanes of at least 4 members (excludes halogenated alkanes) is 4. The van der Waals surface area contributed by atoms with Crippen LogP contribution in [-0.4, -0.2) is 39.3 Å². The molecule has 1 aliphatic rings. The van der Waals surface area contributed by atoms with E-state index in [9.17, 15) is 14.0 Å². The third-order valence-electron chi connectivity index (χ3n) is 5.60. The molecule has 1 N–H and O–H groups in total. The molecule has 0 spiro atoms.